The van der Waals surface area contributed by atoms with Crippen LogP contribution in [0, 0.1) is 5.82 Å². The van der Waals surface area contributed by atoms with Gasteiger partial charge in [0.1, 0.15) is 5.82 Å². The Morgan fingerprint density at radius 1 is 1.12 bits per heavy atom. The Morgan fingerprint density at radius 2 is 1.84 bits per heavy atom. The summed E-state index contributed by atoms with van der Waals surface area (Å²) in [4.78, 5) is 18.9. The topological polar surface area (TPSA) is 42.4 Å². The summed E-state index contributed by atoms with van der Waals surface area (Å²) in [7, 11) is 3.56. The molecule has 0 atom stereocenters. The van der Waals surface area contributed by atoms with Gasteiger partial charge in [0.05, 0.1) is 12.8 Å². The molecule has 0 N–H and O–H groups in total. The first-order valence-corrected chi connectivity index (χ1v) is 11.1. The number of carbonyl (C=O) groups excluding carboxylic acids is 1. The van der Waals surface area contributed by atoms with E-state index >= 15 is 0 Å². The molecule has 3 aromatic rings. The molecule has 1 aliphatic rings. The van der Waals surface area contributed by atoms with Crippen LogP contribution in [0.5, 0.6) is 5.88 Å². The van der Waals surface area contributed by atoms with Crippen molar-refractivity contribution in [1.29, 1.82) is 0 Å². The molecule has 4 nitrogen and oxygen atoms in total. The van der Waals surface area contributed by atoms with E-state index in [-0.39, 0.29) is 17.1 Å². The summed E-state index contributed by atoms with van der Waals surface area (Å²) in [5.41, 5.74) is 4.01. The van der Waals surface area contributed by atoms with Crippen molar-refractivity contribution in [2.45, 2.75) is 44.6 Å². The average molecular weight is 433 g/mol. The first-order chi connectivity index (χ1) is 15.5. The molecule has 1 aliphatic carbocycles. The molecule has 0 aliphatic heterocycles. The van der Waals surface area contributed by atoms with Crippen LogP contribution in [0.15, 0.2) is 60.8 Å². The van der Waals surface area contributed by atoms with Gasteiger partial charge in [-0.05, 0) is 55.0 Å². The van der Waals surface area contributed by atoms with Crippen molar-refractivity contribution >= 4 is 11.5 Å². The number of anilines is 1. The van der Waals surface area contributed by atoms with Crippen LogP contribution in [-0.4, -0.2) is 30.5 Å². The Kier molecular flexibility index (Phi) is 6.26. The van der Waals surface area contributed by atoms with Gasteiger partial charge < -0.3 is 9.64 Å². The summed E-state index contributed by atoms with van der Waals surface area (Å²) in [5.74, 6) is 0.397. The van der Waals surface area contributed by atoms with Crippen molar-refractivity contribution in [3.8, 4) is 17.0 Å². The number of benzene rings is 2. The second-order valence-corrected chi connectivity index (χ2v) is 8.48. The van der Waals surface area contributed by atoms with Crippen LogP contribution >= 0.6 is 0 Å². The van der Waals surface area contributed by atoms with Crippen molar-refractivity contribution in [3.63, 3.8) is 0 Å². The van der Waals surface area contributed by atoms with Crippen molar-refractivity contribution in [2.75, 3.05) is 19.1 Å². The predicted octanol–water partition coefficient (Wildman–Crippen LogP) is 6.09. The second kappa shape index (κ2) is 9.11. The SMILES string of the molecule is CCC1(N(C)c2ccc(-c3ccc(C(=O)CCc4cccnc4OC)cc3)cc2F)CC1. The first-order valence-electron chi connectivity index (χ1n) is 11.1. The third kappa shape index (κ3) is 4.38. The fraction of sp³-hybridized carbons (Fsp3) is 0.333. The minimum atomic E-state index is -0.213. The Labute approximate surface area is 189 Å². The van der Waals surface area contributed by atoms with E-state index in [0.717, 1.165) is 36.0 Å². The van der Waals surface area contributed by atoms with E-state index in [9.17, 15) is 9.18 Å². The highest BCUT2D eigenvalue weighted by atomic mass is 19.1. The number of hydrogen-bond acceptors (Lipinski definition) is 4. The highest BCUT2D eigenvalue weighted by molar-refractivity contribution is 5.96. The fourth-order valence-electron chi connectivity index (χ4n) is 4.32. The fourth-order valence-corrected chi connectivity index (χ4v) is 4.32. The minimum Gasteiger partial charge on any atom is -0.481 e. The normalized spacial score (nSPS) is 14.1. The lowest BCUT2D eigenvalue weighted by atomic mass is 9.99. The summed E-state index contributed by atoms with van der Waals surface area (Å²) in [6.45, 7) is 2.16. The third-order valence-corrected chi connectivity index (χ3v) is 6.71. The van der Waals surface area contributed by atoms with Gasteiger partial charge in [0.2, 0.25) is 5.88 Å². The van der Waals surface area contributed by atoms with E-state index in [1.807, 2.05) is 55.6 Å². The van der Waals surface area contributed by atoms with Crippen molar-refractivity contribution in [1.82, 2.24) is 4.98 Å². The van der Waals surface area contributed by atoms with Gasteiger partial charge in [-0.3, -0.25) is 4.79 Å². The standard InChI is InChI=1S/C27H29FN2O2/c1-4-27(15-16-27)30(2)24-13-11-22(18-23(24)28)19-7-9-20(10-8-19)25(31)14-12-21-6-5-17-29-26(21)32-3/h5-11,13,17-18H,4,12,14-16H2,1-3H3. The van der Waals surface area contributed by atoms with Gasteiger partial charge in [-0.15, -0.1) is 0 Å². The van der Waals surface area contributed by atoms with Crippen LogP contribution in [0.1, 0.15) is 48.5 Å². The monoisotopic (exact) mass is 432 g/mol. The molecule has 0 amide bonds. The predicted molar refractivity (Wildman–Crippen MR) is 126 cm³/mol. The summed E-state index contributed by atoms with van der Waals surface area (Å²) >= 11 is 0. The molecule has 0 spiro atoms. The lowest BCUT2D eigenvalue weighted by Crippen LogP contribution is -2.33. The molecule has 0 saturated heterocycles. The van der Waals surface area contributed by atoms with Crippen molar-refractivity contribution < 1.29 is 13.9 Å². The summed E-state index contributed by atoms with van der Waals surface area (Å²) < 4.78 is 20.2. The zero-order valence-corrected chi connectivity index (χ0v) is 18.9. The Bertz CT molecular complexity index is 1110. The summed E-state index contributed by atoms with van der Waals surface area (Å²) in [6.07, 6.45) is 5.86. The molecule has 1 saturated carbocycles. The number of hydrogen-bond donors (Lipinski definition) is 0. The zero-order valence-electron chi connectivity index (χ0n) is 18.9. The zero-order chi connectivity index (χ0) is 22.7. The first kappa shape index (κ1) is 22.0. The van der Waals surface area contributed by atoms with E-state index in [2.05, 4.69) is 16.8 Å². The number of carbonyl (C=O) groups is 1. The van der Waals surface area contributed by atoms with E-state index in [4.69, 9.17) is 4.74 Å². The second-order valence-electron chi connectivity index (χ2n) is 8.48. The summed E-state index contributed by atoms with van der Waals surface area (Å²) in [6, 6.07) is 16.5. The van der Waals surface area contributed by atoms with Crippen molar-refractivity contribution in [3.05, 3.63) is 77.7 Å². The van der Waals surface area contributed by atoms with Crippen LogP contribution in [0.3, 0.4) is 0 Å². The summed E-state index contributed by atoms with van der Waals surface area (Å²) in [5, 5.41) is 0. The maximum Gasteiger partial charge on any atom is 0.216 e. The number of aryl methyl sites for hydroxylation is 1. The lowest BCUT2D eigenvalue weighted by molar-refractivity contribution is 0.0982. The Morgan fingerprint density at radius 3 is 2.47 bits per heavy atom. The molecule has 5 heteroatoms. The number of halogens is 1. The number of ether oxygens (including phenoxy) is 1. The van der Waals surface area contributed by atoms with Crippen LogP contribution in [0.25, 0.3) is 11.1 Å². The number of nitrogens with zero attached hydrogens (tertiary/aromatic N) is 2. The molecule has 1 fully saturated rings. The highest BCUT2D eigenvalue weighted by Gasteiger charge is 2.45. The lowest BCUT2D eigenvalue weighted by Gasteiger charge is -2.29. The van der Waals surface area contributed by atoms with Crippen LogP contribution < -0.4 is 9.64 Å². The number of methoxy groups -OCH3 is 1. The molecule has 1 heterocycles. The van der Waals surface area contributed by atoms with E-state index in [0.29, 0.717) is 30.0 Å². The number of pyridine rings is 1. The van der Waals surface area contributed by atoms with Gasteiger partial charge in [-0.2, -0.15) is 0 Å². The molecule has 32 heavy (non-hydrogen) atoms. The molecule has 4 rings (SSSR count). The number of rotatable bonds is 9. The average Bonchev–Trinajstić information content (AvgIpc) is 3.64. The highest BCUT2D eigenvalue weighted by Crippen LogP contribution is 2.46. The Hall–Kier alpha value is -3.21. The van der Waals surface area contributed by atoms with Crippen LogP contribution in [0.4, 0.5) is 10.1 Å². The molecule has 2 aromatic carbocycles. The van der Waals surface area contributed by atoms with Gasteiger partial charge in [0, 0.05) is 36.3 Å². The third-order valence-electron chi connectivity index (χ3n) is 6.71. The molecule has 0 unspecified atom stereocenters. The van der Waals surface area contributed by atoms with E-state index in [1.54, 1.807) is 19.4 Å². The minimum absolute atomic E-state index is 0.0555. The van der Waals surface area contributed by atoms with Gasteiger partial charge >= 0.3 is 0 Å². The number of Topliss-reactive ketones (excluding diaryl/α,β-unsaturated/α-hetero) is 1. The molecular weight excluding hydrogens is 403 g/mol. The number of aromatic nitrogens is 1. The molecule has 0 bridgehead atoms. The molecule has 0 radical (unpaired) electrons. The maximum absolute atomic E-state index is 14.9. The molecule has 166 valence electrons. The van der Waals surface area contributed by atoms with E-state index in [1.165, 1.54) is 0 Å². The quantitative estimate of drug-likeness (QED) is 0.384. The maximum atomic E-state index is 14.9. The van der Waals surface area contributed by atoms with Crippen LogP contribution in [-0.2, 0) is 6.42 Å². The molecular formula is C27H29FN2O2. The molecule has 1 aromatic heterocycles. The van der Waals surface area contributed by atoms with E-state index < -0.39 is 0 Å². The Balaban J connectivity index is 1.44. The smallest absolute Gasteiger partial charge is 0.216 e. The van der Waals surface area contributed by atoms with Crippen molar-refractivity contribution in [2.24, 2.45) is 0 Å². The van der Waals surface area contributed by atoms with Gasteiger partial charge in [-0.1, -0.05) is 43.3 Å². The van der Waals surface area contributed by atoms with Gasteiger partial charge in [0.25, 0.3) is 0 Å². The largest absolute Gasteiger partial charge is 0.481 e. The van der Waals surface area contributed by atoms with Crippen LogP contribution in [0.2, 0.25) is 0 Å². The van der Waals surface area contributed by atoms with Gasteiger partial charge in [0.15, 0.2) is 5.78 Å². The van der Waals surface area contributed by atoms with Gasteiger partial charge in [-0.25, -0.2) is 9.37 Å². The number of ketones is 1.